The molecule has 22 nitrogen and oxygen atoms in total. The number of oxazole rings is 1. The van der Waals surface area contributed by atoms with Crippen LogP contribution in [0.4, 0.5) is 17.6 Å². The summed E-state index contributed by atoms with van der Waals surface area (Å²) >= 11 is 0. The molecule has 4 aliphatic rings. The Morgan fingerprint density at radius 2 is 0.694 bits per heavy atom. The lowest BCUT2D eigenvalue weighted by molar-refractivity contribution is -0.133. The van der Waals surface area contributed by atoms with Crippen LogP contribution in [0.1, 0.15) is 83.7 Å². The van der Waals surface area contributed by atoms with Crippen LogP contribution < -0.4 is 0 Å². The number of imidazole rings is 1. The molecule has 134 heavy (non-hydrogen) atoms. The summed E-state index contributed by atoms with van der Waals surface area (Å²) < 4.78 is 74.8. The third kappa shape index (κ3) is 20.8. The third-order valence-corrected chi connectivity index (χ3v) is 25.0. The summed E-state index contributed by atoms with van der Waals surface area (Å²) in [7, 11) is 1.37. The number of hydrogen-bond acceptors (Lipinski definition) is 13. The minimum atomic E-state index is -0.362. The van der Waals surface area contributed by atoms with Gasteiger partial charge in [0.25, 0.3) is 0 Å². The van der Waals surface area contributed by atoms with Gasteiger partial charge in [-0.05, 0) is 230 Å². The van der Waals surface area contributed by atoms with Gasteiger partial charge in [-0.3, -0.25) is 37.9 Å². The summed E-state index contributed by atoms with van der Waals surface area (Å²) in [5.41, 5.74) is 22.8. The smallest absolute Gasteiger partial charge is 0.337 e. The van der Waals surface area contributed by atoms with E-state index in [0.29, 0.717) is 117 Å². The molecule has 0 saturated heterocycles. The second-order valence-corrected chi connectivity index (χ2v) is 34.1. The SMILES string of the molecule is COC(=O)c1ccc2c(c1)CCN(C(=O)Cn1nc(-c3ccc(F)c(C)c3)cc1-c1ccccc1)CC2.Cc1cc(-c2cc(-c3ccccc3)n(CC(=O)N3CCc4ccccc4C3)n2)ccc1F.Cc1cc(-c2cc(-c3ccccc3)n(CC(=O)N3CCc4ncc(C)n4CC3)n2)ccc1F.Cc1nc2c(o1)CCN(C(=O)Cn1nc(-c3ccc(F)c(C)c3)cc1-c1ccccc1)C2. The van der Waals surface area contributed by atoms with Crippen LogP contribution in [0, 0.1) is 64.8 Å². The lowest BCUT2D eigenvalue weighted by Gasteiger charge is -2.29. The van der Waals surface area contributed by atoms with Crippen molar-refractivity contribution in [3.8, 4) is 90.1 Å². The van der Waals surface area contributed by atoms with Crippen LogP contribution in [0.25, 0.3) is 90.1 Å². The zero-order chi connectivity index (χ0) is 93.2. The summed E-state index contributed by atoms with van der Waals surface area (Å²) in [5.74, 6) is 1.18. The maximum absolute atomic E-state index is 13.9. The van der Waals surface area contributed by atoms with Gasteiger partial charge >= 0.3 is 5.97 Å². The Labute approximate surface area is 774 Å². The molecule has 4 aliphatic heterocycles. The van der Waals surface area contributed by atoms with Gasteiger partial charge in [-0.2, -0.15) is 20.4 Å². The molecule has 16 aromatic rings. The van der Waals surface area contributed by atoms with Gasteiger partial charge in [0.1, 0.15) is 66.7 Å². The first-order chi connectivity index (χ1) is 65.0. The molecule has 4 amide bonds. The van der Waals surface area contributed by atoms with Crippen LogP contribution in [0.2, 0.25) is 0 Å². The summed E-state index contributed by atoms with van der Waals surface area (Å²) in [6, 6.07) is 81.0. The number of hydrogen-bond donors (Lipinski definition) is 0. The van der Waals surface area contributed by atoms with Gasteiger partial charge in [0, 0.05) is 106 Å². The number of halogens is 4. The Morgan fingerprint density at radius 1 is 0.343 bits per heavy atom. The molecular weight excluding hydrogens is 1700 g/mol. The van der Waals surface area contributed by atoms with Crippen molar-refractivity contribution >= 4 is 29.6 Å². The van der Waals surface area contributed by atoms with Gasteiger partial charge in [-0.1, -0.05) is 152 Å². The number of aromatic nitrogens is 11. The number of ether oxygens (including phenoxy) is 1. The monoisotopic (exact) mass is 1800 g/mol. The quantitative estimate of drug-likeness (QED) is 0.0612. The van der Waals surface area contributed by atoms with Crippen LogP contribution in [0.15, 0.2) is 271 Å². The van der Waals surface area contributed by atoms with Crippen LogP contribution in [0.5, 0.6) is 0 Å². The molecule has 0 saturated carbocycles. The number of amides is 4. The fourth-order valence-electron chi connectivity index (χ4n) is 17.5. The highest BCUT2D eigenvalue weighted by molar-refractivity contribution is 5.90. The standard InChI is InChI=1S/C30H28FN3O3.C27H24FN3O.C26H26FN5O.C25H23FN4O2/c1-20-16-24(10-11-26(20)31)27-18-28(22-6-4-3-5-7-22)34(32-27)19-29(35)33-14-12-21-8-9-25(30(36)37-2)17-23(21)13-15-33;1-19-15-22(11-12-24(19)28)25-16-26(21-8-3-2-4-9-21)31(29-25)18-27(32)30-14-13-20-7-5-6-10-23(20)17-30;1-18-14-21(8-9-22(18)27)23-15-24(20-6-4-3-5-7-20)32(29-23)17-26(33)30-11-10-25-28-16-19(2)31(25)13-12-30;1-16-12-19(8-9-20(16)26)21-13-23(18-6-4-3-5-7-18)30(28-21)15-25(31)29-11-10-24-22(14-29)27-17(2)32-24/h3-11,16-18H,12-15,19H2,1-2H3;2-12,15-16H,13-14,17-18H2,1H3;3-9,14-16H,10-13,17H2,1-2H3;3-9,12-13H,10-11,14-15H2,1-2H3. The number of nitrogens with zero attached hydrogens (tertiary/aromatic N) is 15. The molecule has 678 valence electrons. The molecule has 0 N–H and O–H groups in total. The van der Waals surface area contributed by atoms with Crippen molar-refractivity contribution in [3.63, 3.8) is 0 Å². The van der Waals surface area contributed by atoms with E-state index in [1.54, 1.807) is 106 Å². The Kier molecular flexibility index (Phi) is 27.3. The molecule has 6 aromatic heterocycles. The normalized spacial score (nSPS) is 13.3. The van der Waals surface area contributed by atoms with Crippen LogP contribution in [-0.2, 0) is 102 Å². The van der Waals surface area contributed by atoms with Crippen molar-refractivity contribution in [2.75, 3.05) is 46.4 Å². The number of benzene rings is 10. The zero-order valence-electron chi connectivity index (χ0n) is 75.7. The lowest BCUT2D eigenvalue weighted by Crippen LogP contribution is -2.38. The van der Waals surface area contributed by atoms with Crippen LogP contribution >= 0.6 is 0 Å². The van der Waals surface area contributed by atoms with Crippen molar-refractivity contribution in [1.82, 2.24) is 73.3 Å². The van der Waals surface area contributed by atoms with Crippen molar-refractivity contribution in [1.29, 1.82) is 0 Å². The number of carbonyl (C=O) groups excluding carboxylic acids is 5. The first-order valence-corrected chi connectivity index (χ1v) is 44.9. The number of methoxy groups -OCH3 is 1. The Hall–Kier alpha value is -15.5. The van der Waals surface area contributed by atoms with Gasteiger partial charge in [0.2, 0.25) is 23.6 Å². The fourth-order valence-corrected chi connectivity index (χ4v) is 17.5. The van der Waals surface area contributed by atoms with E-state index in [-0.39, 0.29) is 79.0 Å². The fraction of sp³-hybridized carbons (Fsp3) is 0.231. The molecule has 10 aromatic carbocycles. The number of carbonyl (C=O) groups is 5. The topological polar surface area (TPSA) is 223 Å². The van der Waals surface area contributed by atoms with Crippen molar-refractivity contribution in [3.05, 3.63) is 369 Å². The molecule has 0 spiro atoms. The summed E-state index contributed by atoms with van der Waals surface area (Å²) in [6.07, 6.45) is 5.54. The second kappa shape index (κ2) is 40.5. The Morgan fingerprint density at radius 3 is 1.10 bits per heavy atom. The van der Waals surface area contributed by atoms with Gasteiger partial charge in [0.05, 0.1) is 64.8 Å². The van der Waals surface area contributed by atoms with Gasteiger partial charge < -0.3 is 33.3 Å². The first-order valence-electron chi connectivity index (χ1n) is 44.9. The van der Waals surface area contributed by atoms with E-state index in [2.05, 4.69) is 26.7 Å². The first kappa shape index (κ1) is 90.5. The molecule has 0 aliphatic carbocycles. The number of aryl methyl sites for hydroxylation is 6. The molecule has 0 atom stereocenters. The minimum absolute atomic E-state index is 0.0249. The minimum Gasteiger partial charge on any atom is -0.465 e. The maximum atomic E-state index is 13.9. The average molecular weight is 1800 g/mol. The largest absolute Gasteiger partial charge is 0.465 e. The molecule has 0 unspecified atom stereocenters. The van der Waals surface area contributed by atoms with Gasteiger partial charge in [-0.15, -0.1) is 0 Å². The highest BCUT2D eigenvalue weighted by Crippen LogP contribution is 2.35. The summed E-state index contributed by atoms with van der Waals surface area (Å²) in [6.45, 7) is 16.9. The molecule has 20 rings (SSSR count). The average Bonchev–Trinajstić information content (AvgIpc) is 1.66. The zero-order valence-corrected chi connectivity index (χ0v) is 75.7. The Balaban J connectivity index is 0.000000125. The van der Waals surface area contributed by atoms with Crippen molar-refractivity contribution in [2.45, 2.75) is 119 Å². The number of fused-ring (bicyclic) bond motifs is 4. The maximum Gasteiger partial charge on any atom is 0.337 e. The third-order valence-electron chi connectivity index (χ3n) is 25.0. The molecular formula is C108H101F4N15O7. The van der Waals surface area contributed by atoms with E-state index in [1.165, 1.54) is 42.5 Å². The van der Waals surface area contributed by atoms with Crippen molar-refractivity contribution < 1.29 is 50.7 Å². The number of rotatable bonds is 17. The van der Waals surface area contributed by atoms with E-state index in [0.717, 1.165) is 132 Å². The van der Waals surface area contributed by atoms with Gasteiger partial charge in [0.15, 0.2) is 5.89 Å². The molecule has 10 heterocycles. The van der Waals surface area contributed by atoms with E-state index in [4.69, 9.17) is 29.5 Å². The predicted molar refractivity (Wildman–Crippen MR) is 506 cm³/mol. The molecule has 0 radical (unpaired) electrons. The highest BCUT2D eigenvalue weighted by Gasteiger charge is 2.30. The van der Waals surface area contributed by atoms with Crippen LogP contribution in [0.3, 0.4) is 0 Å². The van der Waals surface area contributed by atoms with Crippen LogP contribution in [-0.4, -0.2) is 149 Å². The van der Waals surface area contributed by atoms with E-state index in [9.17, 15) is 41.5 Å². The van der Waals surface area contributed by atoms with E-state index < -0.39 is 0 Å². The molecule has 26 heteroatoms. The number of esters is 1. The predicted octanol–water partition coefficient (Wildman–Crippen LogP) is 19.1. The summed E-state index contributed by atoms with van der Waals surface area (Å²) in [4.78, 5) is 81.4. The van der Waals surface area contributed by atoms with E-state index in [1.807, 2.05) is 205 Å². The summed E-state index contributed by atoms with van der Waals surface area (Å²) in [5, 5.41) is 19.0. The molecule has 0 bridgehead atoms. The van der Waals surface area contributed by atoms with Gasteiger partial charge in [-0.25, -0.2) is 32.3 Å². The van der Waals surface area contributed by atoms with Crippen molar-refractivity contribution in [2.24, 2.45) is 0 Å². The van der Waals surface area contributed by atoms with E-state index >= 15 is 0 Å². The Bertz CT molecular complexity index is 7000. The second-order valence-electron chi connectivity index (χ2n) is 34.1. The molecule has 0 fully saturated rings. The highest BCUT2D eigenvalue weighted by atomic mass is 19.1. The lowest BCUT2D eigenvalue weighted by atomic mass is 10.00.